The van der Waals surface area contributed by atoms with E-state index in [9.17, 15) is 19.5 Å². The van der Waals surface area contributed by atoms with Gasteiger partial charge in [-0.25, -0.2) is 14.6 Å². The predicted molar refractivity (Wildman–Crippen MR) is 98.1 cm³/mol. The summed E-state index contributed by atoms with van der Waals surface area (Å²) in [6, 6.07) is -1.96. The van der Waals surface area contributed by atoms with Crippen LogP contribution in [0, 0.1) is 0 Å². The highest BCUT2D eigenvalue weighted by atomic mass is 32.1. The van der Waals surface area contributed by atoms with Crippen LogP contribution in [0.25, 0.3) is 0 Å². The first-order chi connectivity index (χ1) is 11.9. The fourth-order valence-corrected chi connectivity index (χ4v) is 2.81. The number of aromatic nitrogens is 1. The van der Waals surface area contributed by atoms with E-state index >= 15 is 0 Å². The molecule has 0 aliphatic carbocycles. The SMILES string of the molecule is CC(C)c1nc(CN(C)C(=O)N[C@@H](CC(=O)OC(C)(C)C)C(=O)O)cs1. The largest absolute Gasteiger partial charge is 0.480 e. The van der Waals surface area contributed by atoms with Gasteiger partial charge in [0.05, 0.1) is 23.7 Å². The summed E-state index contributed by atoms with van der Waals surface area (Å²) in [5.74, 6) is -1.68. The monoisotopic (exact) mass is 385 g/mol. The Hall–Kier alpha value is -2.16. The van der Waals surface area contributed by atoms with Crippen LogP contribution in [-0.4, -0.2) is 51.7 Å². The van der Waals surface area contributed by atoms with Gasteiger partial charge in [-0.2, -0.15) is 0 Å². The van der Waals surface area contributed by atoms with Crippen LogP contribution in [0.4, 0.5) is 4.79 Å². The second kappa shape index (κ2) is 8.98. The number of esters is 1. The first kappa shape index (κ1) is 21.9. The molecule has 8 nitrogen and oxygen atoms in total. The van der Waals surface area contributed by atoms with E-state index in [-0.39, 0.29) is 6.54 Å². The van der Waals surface area contributed by atoms with E-state index in [2.05, 4.69) is 10.3 Å². The molecule has 0 aromatic carbocycles. The fourth-order valence-electron chi connectivity index (χ4n) is 1.98. The first-order valence-electron chi connectivity index (χ1n) is 8.29. The molecule has 1 aromatic rings. The number of carboxylic acid groups (broad SMARTS) is 1. The number of thiazole rings is 1. The van der Waals surface area contributed by atoms with Crippen molar-refractivity contribution >= 4 is 29.3 Å². The Morgan fingerprint density at radius 1 is 1.35 bits per heavy atom. The molecule has 1 rings (SSSR count). The zero-order valence-electron chi connectivity index (χ0n) is 16.0. The standard InChI is InChI=1S/C17H27N3O5S/c1-10(2)14-18-11(9-26-14)8-20(6)16(24)19-12(15(22)23)7-13(21)25-17(3,4)5/h9-10,12H,7-8H2,1-6H3,(H,19,24)(H,22,23)/t12-/m0/s1. The van der Waals surface area contributed by atoms with Crippen LogP contribution >= 0.6 is 11.3 Å². The Morgan fingerprint density at radius 3 is 2.42 bits per heavy atom. The van der Waals surface area contributed by atoms with Crippen molar-refractivity contribution in [2.75, 3.05) is 7.05 Å². The molecule has 146 valence electrons. The van der Waals surface area contributed by atoms with Crippen LogP contribution in [-0.2, 0) is 20.9 Å². The summed E-state index contributed by atoms with van der Waals surface area (Å²) < 4.78 is 5.11. The molecular formula is C17H27N3O5S. The van der Waals surface area contributed by atoms with Gasteiger partial charge in [-0.1, -0.05) is 13.8 Å². The minimum atomic E-state index is -1.36. The van der Waals surface area contributed by atoms with Crippen molar-refractivity contribution < 1.29 is 24.2 Å². The van der Waals surface area contributed by atoms with Gasteiger partial charge in [-0.15, -0.1) is 11.3 Å². The van der Waals surface area contributed by atoms with Crippen molar-refractivity contribution in [2.24, 2.45) is 0 Å². The molecule has 1 aromatic heterocycles. The summed E-state index contributed by atoms with van der Waals surface area (Å²) in [4.78, 5) is 41.2. The zero-order chi connectivity index (χ0) is 20.1. The Kier molecular flexibility index (Phi) is 7.55. The molecule has 1 atom stereocenters. The maximum absolute atomic E-state index is 12.2. The lowest BCUT2D eigenvalue weighted by molar-refractivity contribution is -0.158. The number of nitrogens with one attached hydrogen (secondary N) is 1. The second-order valence-corrected chi connectivity index (χ2v) is 8.21. The molecule has 26 heavy (non-hydrogen) atoms. The number of rotatable bonds is 7. The highest BCUT2D eigenvalue weighted by molar-refractivity contribution is 7.09. The predicted octanol–water partition coefficient (Wildman–Crippen LogP) is 2.59. The Morgan fingerprint density at radius 2 is 1.96 bits per heavy atom. The number of hydrogen-bond acceptors (Lipinski definition) is 6. The number of carboxylic acids is 1. The molecule has 0 bridgehead atoms. The molecule has 2 N–H and O–H groups in total. The molecular weight excluding hydrogens is 358 g/mol. The molecule has 9 heteroatoms. The average molecular weight is 385 g/mol. The van der Waals surface area contributed by atoms with E-state index in [0.717, 1.165) is 10.7 Å². The molecule has 0 unspecified atom stereocenters. The van der Waals surface area contributed by atoms with Crippen LogP contribution in [0.3, 0.4) is 0 Å². The van der Waals surface area contributed by atoms with Crippen molar-refractivity contribution in [1.82, 2.24) is 15.2 Å². The quantitative estimate of drug-likeness (QED) is 0.698. The Balaban J connectivity index is 2.65. The summed E-state index contributed by atoms with van der Waals surface area (Å²) in [6.07, 6.45) is -0.444. The molecule has 1 heterocycles. The Labute approximate surface area is 157 Å². The topological polar surface area (TPSA) is 109 Å². The van der Waals surface area contributed by atoms with Crippen LogP contribution in [0.1, 0.15) is 57.7 Å². The van der Waals surface area contributed by atoms with Crippen LogP contribution < -0.4 is 5.32 Å². The molecule has 0 aliphatic rings. The van der Waals surface area contributed by atoms with Crippen LogP contribution in [0.2, 0.25) is 0 Å². The maximum Gasteiger partial charge on any atom is 0.326 e. The average Bonchev–Trinajstić information content (AvgIpc) is 2.92. The lowest BCUT2D eigenvalue weighted by atomic mass is 10.1. The number of aliphatic carboxylic acids is 1. The summed E-state index contributed by atoms with van der Waals surface area (Å²) in [5, 5.41) is 14.4. The van der Waals surface area contributed by atoms with E-state index in [1.807, 2.05) is 19.2 Å². The summed E-state index contributed by atoms with van der Waals surface area (Å²) >= 11 is 1.52. The molecule has 0 radical (unpaired) electrons. The fraction of sp³-hybridized carbons (Fsp3) is 0.647. The number of amides is 2. The van der Waals surface area contributed by atoms with Gasteiger partial charge in [0, 0.05) is 18.3 Å². The molecule has 0 spiro atoms. The lowest BCUT2D eigenvalue weighted by Crippen LogP contribution is -2.47. The maximum atomic E-state index is 12.2. The van der Waals surface area contributed by atoms with Crippen molar-refractivity contribution in [1.29, 1.82) is 0 Å². The zero-order valence-corrected chi connectivity index (χ0v) is 16.8. The number of hydrogen-bond donors (Lipinski definition) is 2. The smallest absolute Gasteiger partial charge is 0.326 e. The van der Waals surface area contributed by atoms with E-state index in [1.165, 1.54) is 23.3 Å². The summed E-state index contributed by atoms with van der Waals surface area (Å²) in [6.45, 7) is 9.37. The normalized spacial score (nSPS) is 12.6. The molecule has 0 saturated carbocycles. The van der Waals surface area contributed by atoms with E-state index in [0.29, 0.717) is 5.92 Å². The third-order valence-corrected chi connectivity index (χ3v) is 4.39. The number of urea groups is 1. The van der Waals surface area contributed by atoms with Gasteiger partial charge in [0.2, 0.25) is 0 Å². The van der Waals surface area contributed by atoms with Gasteiger partial charge < -0.3 is 20.1 Å². The number of nitrogens with zero attached hydrogens (tertiary/aromatic N) is 2. The lowest BCUT2D eigenvalue weighted by Gasteiger charge is -2.23. The molecule has 0 aliphatic heterocycles. The Bertz CT molecular complexity index is 651. The van der Waals surface area contributed by atoms with Gasteiger partial charge in [0.15, 0.2) is 0 Å². The van der Waals surface area contributed by atoms with Gasteiger partial charge in [0.1, 0.15) is 11.6 Å². The van der Waals surface area contributed by atoms with Crippen molar-refractivity contribution in [3.8, 4) is 0 Å². The number of ether oxygens (including phenoxy) is 1. The summed E-state index contributed by atoms with van der Waals surface area (Å²) in [5.41, 5.74) is 0.00928. The number of carbonyl (C=O) groups excluding carboxylic acids is 2. The molecule has 0 saturated heterocycles. The van der Waals surface area contributed by atoms with E-state index in [4.69, 9.17) is 4.74 Å². The van der Waals surface area contributed by atoms with Crippen molar-refractivity contribution in [3.63, 3.8) is 0 Å². The van der Waals surface area contributed by atoms with Gasteiger partial charge in [0.25, 0.3) is 0 Å². The van der Waals surface area contributed by atoms with Gasteiger partial charge in [-0.05, 0) is 20.8 Å². The van der Waals surface area contributed by atoms with Crippen LogP contribution in [0.5, 0.6) is 0 Å². The second-order valence-electron chi connectivity index (χ2n) is 7.32. The molecule has 2 amide bonds. The minimum absolute atomic E-state index is 0.244. The minimum Gasteiger partial charge on any atom is -0.480 e. The number of carbonyl (C=O) groups is 3. The van der Waals surface area contributed by atoms with E-state index in [1.54, 1.807) is 20.8 Å². The van der Waals surface area contributed by atoms with Gasteiger partial charge >= 0.3 is 18.0 Å². The summed E-state index contributed by atoms with van der Waals surface area (Å²) in [7, 11) is 1.54. The van der Waals surface area contributed by atoms with Gasteiger partial charge in [-0.3, -0.25) is 4.79 Å². The van der Waals surface area contributed by atoms with E-state index < -0.39 is 36.0 Å². The van der Waals surface area contributed by atoms with Crippen molar-refractivity contribution in [2.45, 2.75) is 65.1 Å². The van der Waals surface area contributed by atoms with Crippen molar-refractivity contribution in [3.05, 3.63) is 16.1 Å². The highest BCUT2D eigenvalue weighted by Gasteiger charge is 2.27. The third-order valence-electron chi connectivity index (χ3n) is 3.20. The first-order valence-corrected chi connectivity index (χ1v) is 9.17. The molecule has 0 fully saturated rings. The van der Waals surface area contributed by atoms with Crippen LogP contribution in [0.15, 0.2) is 5.38 Å². The third kappa shape index (κ3) is 7.38. The highest BCUT2D eigenvalue weighted by Crippen LogP contribution is 2.19.